The second-order valence-electron chi connectivity index (χ2n) is 4.08. The molecule has 0 aliphatic carbocycles. The van der Waals surface area contributed by atoms with E-state index in [1.807, 2.05) is 23.0 Å². The monoisotopic (exact) mass is 280 g/mol. The number of hydrogen-bond donors (Lipinski definition) is 0. The molecule has 0 amide bonds. The summed E-state index contributed by atoms with van der Waals surface area (Å²) >= 11 is 3.54. The van der Waals surface area contributed by atoms with Gasteiger partial charge < -0.3 is 4.74 Å². The van der Waals surface area contributed by atoms with E-state index in [2.05, 4.69) is 27.1 Å². The highest BCUT2D eigenvalue weighted by Gasteiger charge is 2.18. The molecule has 4 heteroatoms. The maximum Gasteiger partial charge on any atom is 0.150 e. The highest BCUT2D eigenvalue weighted by Crippen LogP contribution is 2.29. The van der Waals surface area contributed by atoms with E-state index < -0.39 is 0 Å². The molecule has 0 saturated carbocycles. The Morgan fingerprint density at radius 2 is 2.31 bits per heavy atom. The molecule has 16 heavy (non-hydrogen) atoms. The first-order chi connectivity index (χ1) is 7.86. The molecule has 1 aromatic carbocycles. The summed E-state index contributed by atoms with van der Waals surface area (Å²) in [5.41, 5.74) is 1.14. The van der Waals surface area contributed by atoms with Gasteiger partial charge in [-0.1, -0.05) is 22.0 Å². The van der Waals surface area contributed by atoms with Gasteiger partial charge in [0, 0.05) is 16.5 Å². The van der Waals surface area contributed by atoms with Gasteiger partial charge in [0.1, 0.15) is 0 Å². The third-order valence-electron chi connectivity index (χ3n) is 3.02. The van der Waals surface area contributed by atoms with Crippen LogP contribution in [0.2, 0.25) is 0 Å². The van der Waals surface area contributed by atoms with Crippen LogP contribution < -0.4 is 0 Å². The predicted molar refractivity (Wildman–Crippen MR) is 66.3 cm³/mol. The molecule has 1 atom stereocenters. The molecule has 1 aromatic heterocycles. The van der Waals surface area contributed by atoms with Crippen molar-refractivity contribution in [1.29, 1.82) is 0 Å². The van der Waals surface area contributed by atoms with Gasteiger partial charge >= 0.3 is 0 Å². The van der Waals surface area contributed by atoms with Gasteiger partial charge in [-0.3, -0.25) is 0 Å². The van der Waals surface area contributed by atoms with Crippen LogP contribution >= 0.6 is 15.9 Å². The lowest BCUT2D eigenvalue weighted by Gasteiger charge is -2.23. The van der Waals surface area contributed by atoms with Crippen molar-refractivity contribution in [3.05, 3.63) is 28.9 Å². The molecule has 0 N–H and O–H groups in total. The van der Waals surface area contributed by atoms with Gasteiger partial charge in [-0.25, -0.2) is 4.68 Å². The predicted octanol–water partition coefficient (Wildman–Crippen LogP) is 3.50. The Kier molecular flexibility index (Phi) is 2.69. The van der Waals surface area contributed by atoms with Crippen LogP contribution in [0, 0.1) is 0 Å². The molecule has 1 fully saturated rings. The summed E-state index contributed by atoms with van der Waals surface area (Å²) in [6, 6.07) is 6.16. The van der Waals surface area contributed by atoms with Crippen molar-refractivity contribution in [2.45, 2.75) is 25.5 Å². The normalized spacial score (nSPS) is 21.4. The van der Waals surface area contributed by atoms with E-state index in [1.54, 1.807) is 0 Å². The number of benzene rings is 1. The minimum Gasteiger partial charge on any atom is -0.356 e. The average Bonchev–Trinajstić information content (AvgIpc) is 2.75. The summed E-state index contributed by atoms with van der Waals surface area (Å²) in [6.07, 6.45) is 5.46. The first-order valence-corrected chi connectivity index (χ1v) is 6.39. The largest absolute Gasteiger partial charge is 0.356 e. The summed E-state index contributed by atoms with van der Waals surface area (Å²) in [5, 5.41) is 5.59. The second kappa shape index (κ2) is 4.18. The molecule has 84 valence electrons. The van der Waals surface area contributed by atoms with Crippen molar-refractivity contribution in [1.82, 2.24) is 9.78 Å². The molecular formula is C12H13BrN2O. The quantitative estimate of drug-likeness (QED) is 0.800. The van der Waals surface area contributed by atoms with E-state index in [0.717, 1.165) is 28.4 Å². The maximum atomic E-state index is 5.76. The number of rotatable bonds is 1. The molecule has 2 aromatic rings. The fourth-order valence-electron chi connectivity index (χ4n) is 2.18. The SMILES string of the molecule is Brc1cccc2c1cnn2[C@@H]1CCCCO1. The standard InChI is InChI=1S/C12H13BrN2O/c13-10-4-3-5-11-9(10)8-14-15(11)12-6-1-2-7-16-12/h3-5,8,12H,1-2,6-7H2/t12-/m0/s1. The van der Waals surface area contributed by atoms with Crippen LogP contribution in [-0.4, -0.2) is 16.4 Å². The summed E-state index contributed by atoms with van der Waals surface area (Å²) in [7, 11) is 0. The minimum atomic E-state index is 0.112. The lowest BCUT2D eigenvalue weighted by molar-refractivity contribution is -0.0366. The van der Waals surface area contributed by atoms with Crippen molar-refractivity contribution in [2.24, 2.45) is 0 Å². The molecule has 3 rings (SSSR count). The second-order valence-corrected chi connectivity index (χ2v) is 4.94. The molecule has 0 unspecified atom stereocenters. The Labute approximate surface area is 103 Å². The maximum absolute atomic E-state index is 5.76. The fraction of sp³-hybridized carbons (Fsp3) is 0.417. The topological polar surface area (TPSA) is 27.1 Å². The van der Waals surface area contributed by atoms with Gasteiger partial charge in [-0.15, -0.1) is 0 Å². The lowest BCUT2D eigenvalue weighted by Crippen LogP contribution is -2.18. The van der Waals surface area contributed by atoms with Gasteiger partial charge in [0.2, 0.25) is 0 Å². The van der Waals surface area contributed by atoms with Crippen LogP contribution in [0.4, 0.5) is 0 Å². The number of nitrogens with zero attached hydrogens (tertiary/aromatic N) is 2. The first-order valence-electron chi connectivity index (χ1n) is 5.59. The molecule has 3 nitrogen and oxygen atoms in total. The summed E-state index contributed by atoms with van der Waals surface area (Å²) < 4.78 is 8.84. The Morgan fingerprint density at radius 1 is 1.38 bits per heavy atom. The fourth-order valence-corrected chi connectivity index (χ4v) is 2.64. The van der Waals surface area contributed by atoms with Crippen molar-refractivity contribution in [3.8, 4) is 0 Å². The van der Waals surface area contributed by atoms with E-state index in [0.29, 0.717) is 0 Å². The third kappa shape index (κ3) is 1.66. The van der Waals surface area contributed by atoms with Crippen LogP contribution in [0.15, 0.2) is 28.9 Å². The number of aromatic nitrogens is 2. The van der Waals surface area contributed by atoms with Crippen LogP contribution in [0.3, 0.4) is 0 Å². The molecule has 0 radical (unpaired) electrons. The Hall–Kier alpha value is -0.870. The van der Waals surface area contributed by atoms with E-state index >= 15 is 0 Å². The van der Waals surface area contributed by atoms with Gasteiger partial charge in [-0.05, 0) is 31.4 Å². The van der Waals surface area contributed by atoms with Crippen LogP contribution in [0.5, 0.6) is 0 Å². The molecule has 2 heterocycles. The van der Waals surface area contributed by atoms with Crippen LogP contribution in [0.1, 0.15) is 25.5 Å². The molecule has 1 aliphatic rings. The minimum absolute atomic E-state index is 0.112. The van der Waals surface area contributed by atoms with Gasteiger partial charge in [-0.2, -0.15) is 5.10 Å². The summed E-state index contributed by atoms with van der Waals surface area (Å²) in [4.78, 5) is 0. The number of halogens is 1. The Bertz CT molecular complexity index is 503. The number of fused-ring (bicyclic) bond motifs is 1. The van der Waals surface area contributed by atoms with Gasteiger partial charge in [0.05, 0.1) is 11.7 Å². The van der Waals surface area contributed by atoms with Crippen LogP contribution in [-0.2, 0) is 4.74 Å². The van der Waals surface area contributed by atoms with E-state index in [1.165, 1.54) is 12.8 Å². The van der Waals surface area contributed by atoms with E-state index in [4.69, 9.17) is 4.74 Å². The highest BCUT2D eigenvalue weighted by atomic mass is 79.9. The van der Waals surface area contributed by atoms with E-state index in [9.17, 15) is 0 Å². The van der Waals surface area contributed by atoms with E-state index in [-0.39, 0.29) is 6.23 Å². The Morgan fingerprint density at radius 3 is 3.12 bits per heavy atom. The first kappa shape index (κ1) is 10.3. The van der Waals surface area contributed by atoms with Crippen molar-refractivity contribution < 1.29 is 4.74 Å². The molecule has 0 spiro atoms. The van der Waals surface area contributed by atoms with Crippen molar-refractivity contribution >= 4 is 26.8 Å². The summed E-state index contributed by atoms with van der Waals surface area (Å²) in [6.45, 7) is 0.847. The van der Waals surface area contributed by atoms with Crippen molar-refractivity contribution in [2.75, 3.05) is 6.61 Å². The van der Waals surface area contributed by atoms with Crippen molar-refractivity contribution in [3.63, 3.8) is 0 Å². The average molecular weight is 281 g/mol. The number of ether oxygens (including phenoxy) is 1. The van der Waals surface area contributed by atoms with Gasteiger partial charge in [0.25, 0.3) is 0 Å². The lowest BCUT2D eigenvalue weighted by atomic mass is 10.2. The summed E-state index contributed by atoms with van der Waals surface area (Å²) in [5.74, 6) is 0. The number of hydrogen-bond acceptors (Lipinski definition) is 2. The molecular weight excluding hydrogens is 268 g/mol. The Balaban J connectivity index is 2.06. The third-order valence-corrected chi connectivity index (χ3v) is 3.71. The molecule has 1 aliphatic heterocycles. The zero-order chi connectivity index (χ0) is 11.0. The molecule has 0 bridgehead atoms. The smallest absolute Gasteiger partial charge is 0.150 e. The zero-order valence-corrected chi connectivity index (χ0v) is 10.5. The van der Waals surface area contributed by atoms with Crippen LogP contribution in [0.25, 0.3) is 10.9 Å². The zero-order valence-electron chi connectivity index (χ0n) is 8.90. The molecule has 1 saturated heterocycles. The van der Waals surface area contributed by atoms with Gasteiger partial charge in [0.15, 0.2) is 6.23 Å². The highest BCUT2D eigenvalue weighted by molar-refractivity contribution is 9.10.